The van der Waals surface area contributed by atoms with E-state index in [9.17, 15) is 4.79 Å². The molecule has 0 aliphatic heterocycles. The summed E-state index contributed by atoms with van der Waals surface area (Å²) in [6.07, 6.45) is 0.795. The molecule has 0 aromatic rings. The number of rotatable bonds is 8. The van der Waals surface area contributed by atoms with Crippen molar-refractivity contribution in [3.05, 3.63) is 0 Å². The molecule has 1 amide bonds. The summed E-state index contributed by atoms with van der Waals surface area (Å²) in [7, 11) is 0. The minimum Gasteiger partial charge on any atom is -0.378 e. The van der Waals surface area contributed by atoms with E-state index in [1.54, 1.807) is 0 Å². The smallest absolute Gasteiger partial charge is 0.237 e. The molecule has 0 aromatic heterocycles. The van der Waals surface area contributed by atoms with Gasteiger partial charge in [-0.15, -0.1) is 0 Å². The summed E-state index contributed by atoms with van der Waals surface area (Å²) in [5.41, 5.74) is 4.75. The normalized spacial score (nSPS) is 17.2. The zero-order valence-electron chi connectivity index (χ0n) is 12.0. The largest absolute Gasteiger partial charge is 0.378 e. The van der Waals surface area contributed by atoms with Crippen molar-refractivity contribution in [1.82, 2.24) is 5.32 Å². The molecule has 0 saturated heterocycles. The highest BCUT2D eigenvalue weighted by atomic mass is 16.5. The van der Waals surface area contributed by atoms with Gasteiger partial charge in [-0.2, -0.15) is 0 Å². The van der Waals surface area contributed by atoms with Gasteiger partial charge in [0.25, 0.3) is 0 Å². The van der Waals surface area contributed by atoms with Gasteiger partial charge in [-0.1, -0.05) is 13.8 Å². The van der Waals surface area contributed by atoms with E-state index in [0.29, 0.717) is 18.9 Å². The second-order valence-corrected chi connectivity index (χ2v) is 5.57. The lowest BCUT2D eigenvalue weighted by Crippen LogP contribution is -2.56. The van der Waals surface area contributed by atoms with E-state index in [-0.39, 0.29) is 18.1 Å². The monoisotopic (exact) mass is 244 g/mol. The Kier molecular flexibility index (Phi) is 6.72. The first-order valence-corrected chi connectivity index (χ1v) is 6.38. The highest BCUT2D eigenvalue weighted by molar-refractivity contribution is 5.84. The third kappa shape index (κ3) is 6.03. The first kappa shape index (κ1) is 16.4. The van der Waals surface area contributed by atoms with E-state index >= 15 is 0 Å². The number of hydrogen-bond acceptors (Lipinski definition) is 3. The number of ether oxygens (including phenoxy) is 1. The number of amides is 1. The van der Waals surface area contributed by atoms with E-state index in [1.807, 2.05) is 27.7 Å². The molecule has 17 heavy (non-hydrogen) atoms. The van der Waals surface area contributed by atoms with Crippen LogP contribution in [0, 0.1) is 5.92 Å². The second-order valence-electron chi connectivity index (χ2n) is 5.57. The third-order valence-electron chi connectivity index (χ3n) is 3.07. The average molecular weight is 244 g/mol. The Morgan fingerprint density at radius 1 is 1.29 bits per heavy atom. The number of nitrogens with one attached hydrogen (secondary N) is 1. The first-order valence-electron chi connectivity index (χ1n) is 6.38. The molecule has 0 heterocycles. The summed E-state index contributed by atoms with van der Waals surface area (Å²) in [5.74, 6) is 0.153. The molecule has 0 aromatic carbocycles. The zero-order chi connectivity index (χ0) is 13.6. The molecule has 0 fully saturated rings. The molecule has 2 unspecified atom stereocenters. The standard InChI is InChI=1S/C13H28N2O2/c1-9(2)11(5)17-8-7-13(6,12(14)16)15-10(3)4/h9-11,15H,7-8H2,1-6H3,(H2,14,16). The fourth-order valence-electron chi connectivity index (χ4n) is 1.55. The molecule has 3 N–H and O–H groups in total. The summed E-state index contributed by atoms with van der Waals surface area (Å²) in [6.45, 7) is 12.6. The SMILES string of the molecule is CC(C)NC(C)(CCOC(C)C(C)C)C(N)=O. The predicted molar refractivity (Wildman–Crippen MR) is 70.7 cm³/mol. The van der Waals surface area contributed by atoms with Crippen LogP contribution >= 0.6 is 0 Å². The van der Waals surface area contributed by atoms with Crippen molar-refractivity contribution in [3.63, 3.8) is 0 Å². The number of hydrogen-bond donors (Lipinski definition) is 2. The summed E-state index contributed by atoms with van der Waals surface area (Å²) in [6, 6.07) is 0.218. The molecular formula is C13H28N2O2. The van der Waals surface area contributed by atoms with Gasteiger partial charge in [-0.25, -0.2) is 0 Å². The molecule has 0 rings (SSSR count). The van der Waals surface area contributed by atoms with Gasteiger partial charge < -0.3 is 15.8 Å². The van der Waals surface area contributed by atoms with Gasteiger partial charge in [0.2, 0.25) is 5.91 Å². The summed E-state index contributed by atoms with van der Waals surface area (Å²) >= 11 is 0. The Morgan fingerprint density at radius 2 is 1.82 bits per heavy atom. The molecule has 4 heteroatoms. The average Bonchev–Trinajstić information content (AvgIpc) is 2.15. The molecule has 0 aliphatic rings. The van der Waals surface area contributed by atoms with Crippen molar-refractivity contribution in [2.45, 2.75) is 65.6 Å². The fourth-order valence-corrected chi connectivity index (χ4v) is 1.55. The van der Waals surface area contributed by atoms with E-state index in [1.165, 1.54) is 0 Å². The lowest BCUT2D eigenvalue weighted by Gasteiger charge is -2.30. The van der Waals surface area contributed by atoms with Gasteiger partial charge in [0, 0.05) is 12.6 Å². The Bertz CT molecular complexity index is 242. The molecule has 0 spiro atoms. The van der Waals surface area contributed by atoms with Crippen molar-refractivity contribution in [2.75, 3.05) is 6.61 Å². The van der Waals surface area contributed by atoms with E-state index in [4.69, 9.17) is 10.5 Å². The van der Waals surface area contributed by atoms with Gasteiger partial charge in [0.05, 0.1) is 11.6 Å². The topological polar surface area (TPSA) is 64.3 Å². The minimum absolute atomic E-state index is 0.200. The number of carbonyl (C=O) groups is 1. The highest BCUT2D eigenvalue weighted by Crippen LogP contribution is 2.13. The van der Waals surface area contributed by atoms with Crippen LogP contribution in [0.1, 0.15) is 48.0 Å². The molecule has 0 bridgehead atoms. The van der Waals surface area contributed by atoms with Gasteiger partial charge >= 0.3 is 0 Å². The van der Waals surface area contributed by atoms with Crippen LogP contribution in [-0.2, 0) is 9.53 Å². The Balaban J connectivity index is 4.23. The Morgan fingerprint density at radius 3 is 2.18 bits per heavy atom. The maximum absolute atomic E-state index is 11.5. The number of carbonyl (C=O) groups excluding carboxylic acids is 1. The van der Waals surface area contributed by atoms with Gasteiger partial charge in [-0.3, -0.25) is 4.79 Å². The van der Waals surface area contributed by atoms with Crippen molar-refractivity contribution < 1.29 is 9.53 Å². The number of nitrogens with two attached hydrogens (primary N) is 1. The van der Waals surface area contributed by atoms with E-state index in [2.05, 4.69) is 19.2 Å². The Hall–Kier alpha value is -0.610. The van der Waals surface area contributed by atoms with Crippen LogP contribution in [0.2, 0.25) is 0 Å². The summed E-state index contributed by atoms with van der Waals surface area (Å²) in [5, 5.41) is 3.20. The van der Waals surface area contributed by atoms with Crippen LogP contribution in [0.3, 0.4) is 0 Å². The van der Waals surface area contributed by atoms with Crippen molar-refractivity contribution in [1.29, 1.82) is 0 Å². The van der Waals surface area contributed by atoms with Gasteiger partial charge in [-0.05, 0) is 40.0 Å². The zero-order valence-corrected chi connectivity index (χ0v) is 12.0. The molecule has 2 atom stereocenters. The molecule has 0 saturated carbocycles. The first-order chi connectivity index (χ1) is 7.69. The maximum Gasteiger partial charge on any atom is 0.237 e. The minimum atomic E-state index is -0.690. The van der Waals surface area contributed by atoms with Crippen LogP contribution in [0.5, 0.6) is 0 Å². The van der Waals surface area contributed by atoms with E-state index in [0.717, 1.165) is 0 Å². The van der Waals surface area contributed by atoms with E-state index < -0.39 is 5.54 Å². The van der Waals surface area contributed by atoms with Gasteiger partial charge in [0.1, 0.15) is 0 Å². The lowest BCUT2D eigenvalue weighted by atomic mass is 9.96. The molecule has 102 valence electrons. The highest BCUT2D eigenvalue weighted by Gasteiger charge is 2.31. The molecule has 4 nitrogen and oxygen atoms in total. The van der Waals surface area contributed by atoms with Crippen LogP contribution in [-0.4, -0.2) is 30.2 Å². The quantitative estimate of drug-likeness (QED) is 0.683. The third-order valence-corrected chi connectivity index (χ3v) is 3.07. The lowest BCUT2D eigenvalue weighted by molar-refractivity contribution is -0.125. The summed E-state index contributed by atoms with van der Waals surface area (Å²) in [4.78, 5) is 11.5. The van der Waals surface area contributed by atoms with Crippen molar-refractivity contribution in [2.24, 2.45) is 11.7 Å². The summed E-state index contributed by atoms with van der Waals surface area (Å²) < 4.78 is 5.68. The van der Waals surface area contributed by atoms with Crippen LogP contribution in [0.15, 0.2) is 0 Å². The second kappa shape index (κ2) is 6.97. The number of primary amides is 1. The van der Waals surface area contributed by atoms with Crippen molar-refractivity contribution in [3.8, 4) is 0 Å². The van der Waals surface area contributed by atoms with Crippen LogP contribution in [0.4, 0.5) is 0 Å². The fraction of sp³-hybridized carbons (Fsp3) is 0.923. The Labute approximate surface area is 105 Å². The molecule has 0 aliphatic carbocycles. The molecule has 0 radical (unpaired) electrons. The van der Waals surface area contributed by atoms with Crippen LogP contribution in [0.25, 0.3) is 0 Å². The predicted octanol–water partition coefficient (Wildman–Crippen LogP) is 1.68. The van der Waals surface area contributed by atoms with Crippen LogP contribution < -0.4 is 11.1 Å². The maximum atomic E-state index is 11.5. The van der Waals surface area contributed by atoms with Gasteiger partial charge in [0.15, 0.2) is 0 Å². The van der Waals surface area contributed by atoms with Crippen molar-refractivity contribution >= 4 is 5.91 Å². The molecular weight excluding hydrogens is 216 g/mol.